The highest BCUT2D eigenvalue weighted by molar-refractivity contribution is 7.20. The fourth-order valence-electron chi connectivity index (χ4n) is 3.37. The van der Waals surface area contributed by atoms with Crippen molar-refractivity contribution < 1.29 is 14.3 Å². The average Bonchev–Trinajstić information content (AvgIpc) is 3.16. The third-order valence-corrected chi connectivity index (χ3v) is 6.16. The molecule has 2 aromatic heterocycles. The predicted octanol–water partition coefficient (Wildman–Crippen LogP) is 5.93. The van der Waals surface area contributed by atoms with E-state index in [0.29, 0.717) is 30.3 Å². The van der Waals surface area contributed by atoms with Gasteiger partial charge in [0.2, 0.25) is 0 Å². The van der Waals surface area contributed by atoms with Crippen molar-refractivity contribution in [1.29, 1.82) is 0 Å². The zero-order valence-electron chi connectivity index (χ0n) is 18.1. The third-order valence-electron chi connectivity index (χ3n) is 4.98. The van der Waals surface area contributed by atoms with Crippen LogP contribution in [0.2, 0.25) is 0 Å². The number of aromatic nitrogens is 2. The van der Waals surface area contributed by atoms with Crippen molar-refractivity contribution in [3.05, 3.63) is 76.9 Å². The molecule has 0 fully saturated rings. The van der Waals surface area contributed by atoms with E-state index in [1.807, 2.05) is 61.5 Å². The molecule has 2 aromatic carbocycles. The molecule has 4 rings (SSSR count). The van der Waals surface area contributed by atoms with Crippen molar-refractivity contribution in [2.24, 2.45) is 0 Å². The highest BCUT2D eigenvalue weighted by Crippen LogP contribution is 2.36. The molecule has 0 bridgehead atoms. The molecule has 4 aromatic rings. The number of aryl methyl sites for hydroxylation is 1. The molecule has 6 nitrogen and oxygen atoms in total. The van der Waals surface area contributed by atoms with Crippen LogP contribution in [0.1, 0.15) is 34.1 Å². The number of nitrogens with one attached hydrogen (secondary N) is 1. The van der Waals surface area contributed by atoms with Crippen LogP contribution in [-0.2, 0) is 11.2 Å². The monoisotopic (exact) mass is 447 g/mol. The van der Waals surface area contributed by atoms with Gasteiger partial charge in [-0.1, -0.05) is 49.4 Å². The van der Waals surface area contributed by atoms with E-state index in [1.165, 1.54) is 17.7 Å². The van der Waals surface area contributed by atoms with Crippen LogP contribution in [0.3, 0.4) is 0 Å². The first-order chi connectivity index (χ1) is 15.7. The normalized spacial score (nSPS) is 10.8. The summed E-state index contributed by atoms with van der Waals surface area (Å²) in [5.74, 6) is 1.06. The first-order valence-corrected chi connectivity index (χ1v) is 11.4. The lowest BCUT2D eigenvalue weighted by atomic mass is 10.2. The van der Waals surface area contributed by atoms with Gasteiger partial charge in [0, 0.05) is 6.42 Å². The van der Waals surface area contributed by atoms with Gasteiger partial charge in [-0.2, -0.15) is 0 Å². The van der Waals surface area contributed by atoms with Gasteiger partial charge in [-0.25, -0.2) is 14.8 Å². The number of fused-ring (bicyclic) bond motifs is 1. The number of hydrogen-bond donors (Lipinski definition) is 1. The van der Waals surface area contributed by atoms with Crippen LogP contribution in [0.25, 0.3) is 10.2 Å². The number of rotatable bonds is 9. The van der Waals surface area contributed by atoms with Crippen LogP contribution in [0.15, 0.2) is 60.9 Å². The topological polar surface area (TPSA) is 73.3 Å². The Morgan fingerprint density at radius 1 is 1.03 bits per heavy atom. The Bertz CT molecular complexity index is 1210. The van der Waals surface area contributed by atoms with Crippen LogP contribution < -0.4 is 10.1 Å². The van der Waals surface area contributed by atoms with Gasteiger partial charge in [0.15, 0.2) is 0 Å². The predicted molar refractivity (Wildman–Crippen MR) is 128 cm³/mol. The number of thiophene rings is 1. The number of anilines is 2. The lowest BCUT2D eigenvalue weighted by Gasteiger charge is -2.13. The molecule has 164 valence electrons. The Morgan fingerprint density at radius 2 is 1.81 bits per heavy atom. The summed E-state index contributed by atoms with van der Waals surface area (Å²) >= 11 is 1.32. The maximum Gasteiger partial charge on any atom is 0.348 e. The molecule has 0 saturated carbocycles. The van der Waals surface area contributed by atoms with Crippen LogP contribution in [0.4, 0.5) is 11.5 Å². The Balaban J connectivity index is 1.54. The zero-order valence-corrected chi connectivity index (χ0v) is 18.9. The fourth-order valence-corrected chi connectivity index (χ4v) is 4.41. The number of carbonyl (C=O) groups is 1. The molecule has 0 aliphatic rings. The summed E-state index contributed by atoms with van der Waals surface area (Å²) in [5.41, 5.74) is 2.76. The Hall–Kier alpha value is -3.45. The molecule has 0 atom stereocenters. The second kappa shape index (κ2) is 10.2. The second-order valence-corrected chi connectivity index (χ2v) is 8.30. The quantitative estimate of drug-likeness (QED) is 0.321. The van der Waals surface area contributed by atoms with Gasteiger partial charge in [-0.15, -0.1) is 11.3 Å². The largest absolute Gasteiger partial charge is 0.491 e. The average molecular weight is 448 g/mol. The maximum absolute atomic E-state index is 12.8. The molecule has 1 N–H and O–H groups in total. The van der Waals surface area contributed by atoms with E-state index in [4.69, 9.17) is 9.47 Å². The summed E-state index contributed by atoms with van der Waals surface area (Å²) < 4.78 is 11.4. The van der Waals surface area contributed by atoms with Gasteiger partial charge in [0.1, 0.15) is 27.6 Å². The van der Waals surface area contributed by atoms with E-state index in [2.05, 4.69) is 22.2 Å². The van der Waals surface area contributed by atoms with Gasteiger partial charge in [-0.3, -0.25) is 0 Å². The lowest BCUT2D eigenvalue weighted by Crippen LogP contribution is -2.07. The summed E-state index contributed by atoms with van der Waals surface area (Å²) in [4.78, 5) is 22.9. The number of esters is 1. The summed E-state index contributed by atoms with van der Waals surface area (Å²) in [6.07, 6.45) is 3.10. The molecular weight excluding hydrogens is 422 g/mol. The van der Waals surface area contributed by atoms with Crippen molar-refractivity contribution >= 4 is 39.0 Å². The lowest BCUT2D eigenvalue weighted by molar-refractivity contribution is 0.0514. The van der Waals surface area contributed by atoms with Gasteiger partial charge in [-0.05, 0) is 36.6 Å². The molecule has 0 aliphatic heterocycles. The van der Waals surface area contributed by atoms with Gasteiger partial charge in [0.25, 0.3) is 0 Å². The van der Waals surface area contributed by atoms with E-state index in [1.54, 1.807) is 0 Å². The zero-order chi connectivity index (χ0) is 22.3. The second-order valence-electron chi connectivity index (χ2n) is 7.30. The minimum atomic E-state index is -0.334. The smallest absolute Gasteiger partial charge is 0.348 e. The number of para-hydroxylation sites is 2. The molecule has 0 amide bonds. The number of hydrogen-bond acceptors (Lipinski definition) is 7. The van der Waals surface area contributed by atoms with Crippen LogP contribution in [0, 0.1) is 6.92 Å². The highest BCUT2D eigenvalue weighted by atomic mass is 32.1. The number of ether oxygens (including phenoxy) is 2. The molecule has 0 aliphatic carbocycles. The summed E-state index contributed by atoms with van der Waals surface area (Å²) in [5, 5.41) is 4.18. The number of nitrogens with zero attached hydrogens (tertiary/aromatic N) is 2. The number of benzene rings is 2. The SMILES string of the molecule is CCCOc1ccccc1Nc1ncnc2sc(C(=O)OCCc3ccccc3)c(C)c12. The van der Waals surface area contributed by atoms with E-state index < -0.39 is 0 Å². The first-order valence-electron chi connectivity index (χ1n) is 10.6. The van der Waals surface area contributed by atoms with Gasteiger partial charge in [0.05, 0.1) is 24.3 Å². The van der Waals surface area contributed by atoms with Crippen molar-refractivity contribution in [3.63, 3.8) is 0 Å². The summed E-state index contributed by atoms with van der Waals surface area (Å²) in [7, 11) is 0. The van der Waals surface area contributed by atoms with Crippen LogP contribution in [0.5, 0.6) is 5.75 Å². The minimum absolute atomic E-state index is 0.329. The first kappa shape index (κ1) is 21.8. The molecule has 32 heavy (non-hydrogen) atoms. The standard InChI is InChI=1S/C25H25N3O3S/c1-3-14-30-20-12-8-7-11-19(20)28-23-21-17(2)22(32-24(21)27-16-26-23)25(29)31-15-13-18-9-5-4-6-10-18/h4-12,16H,3,13-15H2,1-2H3,(H,26,27,28). The van der Waals surface area contributed by atoms with Gasteiger partial charge < -0.3 is 14.8 Å². The summed E-state index contributed by atoms with van der Waals surface area (Å²) in [6.45, 7) is 4.93. The van der Waals surface area contributed by atoms with Gasteiger partial charge >= 0.3 is 5.97 Å². The molecule has 7 heteroatoms. The number of carbonyl (C=O) groups excluding carboxylic acids is 1. The summed E-state index contributed by atoms with van der Waals surface area (Å²) in [6, 6.07) is 17.7. The molecular formula is C25H25N3O3S. The molecule has 2 heterocycles. The Kier molecular flexibility index (Phi) is 6.97. The molecule has 0 spiro atoms. The van der Waals surface area contributed by atoms with E-state index >= 15 is 0 Å². The van der Waals surface area contributed by atoms with E-state index in [9.17, 15) is 4.79 Å². The molecule has 0 unspecified atom stereocenters. The molecule has 0 radical (unpaired) electrons. The van der Waals surface area contributed by atoms with Crippen LogP contribution >= 0.6 is 11.3 Å². The van der Waals surface area contributed by atoms with Crippen LogP contribution in [-0.4, -0.2) is 29.2 Å². The van der Waals surface area contributed by atoms with E-state index in [-0.39, 0.29) is 5.97 Å². The fraction of sp³-hybridized carbons (Fsp3) is 0.240. The van der Waals surface area contributed by atoms with Crippen molar-refractivity contribution in [1.82, 2.24) is 9.97 Å². The highest BCUT2D eigenvalue weighted by Gasteiger charge is 2.21. The van der Waals surface area contributed by atoms with E-state index in [0.717, 1.165) is 39.2 Å². The van der Waals surface area contributed by atoms with Crippen molar-refractivity contribution in [3.8, 4) is 5.75 Å². The minimum Gasteiger partial charge on any atom is -0.491 e. The molecule has 0 saturated heterocycles. The third kappa shape index (κ3) is 4.89. The Labute approximate surface area is 191 Å². The van der Waals surface area contributed by atoms with Crippen molar-refractivity contribution in [2.45, 2.75) is 26.7 Å². The van der Waals surface area contributed by atoms with Crippen molar-refractivity contribution in [2.75, 3.05) is 18.5 Å². The Morgan fingerprint density at radius 3 is 2.62 bits per heavy atom. The maximum atomic E-state index is 12.8.